The lowest BCUT2D eigenvalue weighted by Gasteiger charge is -2.57. The van der Waals surface area contributed by atoms with Crippen LogP contribution in [0.4, 0.5) is 0 Å². The van der Waals surface area contributed by atoms with Crippen LogP contribution in [0.3, 0.4) is 0 Å². The molecule has 0 unspecified atom stereocenters. The molecule has 14 heteroatoms. The molecule has 1 aliphatic heterocycles. The third kappa shape index (κ3) is 6.90. The predicted octanol–water partition coefficient (Wildman–Crippen LogP) is 4.11. The summed E-state index contributed by atoms with van der Waals surface area (Å²) in [7, 11) is -2.32. The third-order valence-electron chi connectivity index (χ3n) is 12.4. The van der Waals surface area contributed by atoms with E-state index < -0.39 is 68.1 Å². The van der Waals surface area contributed by atoms with E-state index in [9.17, 15) is 27.6 Å². The van der Waals surface area contributed by atoms with E-state index in [-0.39, 0.29) is 31.2 Å². The summed E-state index contributed by atoms with van der Waals surface area (Å²) in [5.74, 6) is -0.843. The molecule has 1 saturated heterocycles. The molecule has 13 nitrogen and oxygen atoms in total. The first-order valence-electron chi connectivity index (χ1n) is 19.4. The quantitative estimate of drug-likeness (QED) is 0.216. The molecule has 5 saturated carbocycles. The number of methoxy groups -OCH3 is 1. The van der Waals surface area contributed by atoms with E-state index in [0.717, 1.165) is 18.4 Å². The number of hydrogen-bond donors (Lipinski definition) is 3. The number of carbonyl (C=O) groups excluding carboxylic acids is 4. The van der Waals surface area contributed by atoms with E-state index in [4.69, 9.17) is 14.5 Å². The molecule has 2 heterocycles. The highest BCUT2D eigenvalue weighted by Crippen LogP contribution is 2.58. The van der Waals surface area contributed by atoms with E-state index in [0.29, 0.717) is 52.8 Å². The zero-order valence-electron chi connectivity index (χ0n) is 32.1. The largest absolute Gasteiger partial charge is 0.497 e. The molecule has 6 aliphatic rings. The van der Waals surface area contributed by atoms with Gasteiger partial charge in [0.05, 0.1) is 30.1 Å². The van der Waals surface area contributed by atoms with Crippen LogP contribution >= 0.6 is 0 Å². The smallest absolute Gasteiger partial charge is 0.259 e. The first-order valence-corrected chi connectivity index (χ1v) is 21.0. The summed E-state index contributed by atoms with van der Waals surface area (Å²) in [4.78, 5) is 62.7. The van der Waals surface area contributed by atoms with E-state index in [1.807, 2.05) is 75.4 Å². The Balaban J connectivity index is 1.11. The van der Waals surface area contributed by atoms with Crippen LogP contribution in [-0.4, -0.2) is 84.6 Å². The third-order valence-corrected chi connectivity index (χ3v) is 14.2. The fraction of sp³-hybridized carbons (Fsp3) is 0.500. The van der Waals surface area contributed by atoms with Crippen LogP contribution in [-0.2, 0) is 29.2 Å². The fourth-order valence-corrected chi connectivity index (χ4v) is 9.86. The van der Waals surface area contributed by atoms with Crippen molar-refractivity contribution in [1.29, 1.82) is 0 Å². The van der Waals surface area contributed by atoms with Crippen LogP contribution in [0.25, 0.3) is 22.2 Å². The number of sulfonamides is 1. The summed E-state index contributed by atoms with van der Waals surface area (Å²) >= 11 is 0. The fourth-order valence-electron chi connectivity index (χ4n) is 8.50. The number of amides is 4. The highest BCUT2D eigenvalue weighted by molar-refractivity contribution is 7.91. The molecule has 0 radical (unpaired) electrons. The summed E-state index contributed by atoms with van der Waals surface area (Å²) in [6.07, 6.45) is 4.06. The Morgan fingerprint density at radius 1 is 1.00 bits per heavy atom. The minimum absolute atomic E-state index is 0.00876. The molecule has 4 amide bonds. The van der Waals surface area contributed by atoms with Gasteiger partial charge in [0, 0.05) is 41.3 Å². The van der Waals surface area contributed by atoms with Crippen LogP contribution in [0, 0.1) is 29.1 Å². The van der Waals surface area contributed by atoms with Crippen molar-refractivity contribution in [3.8, 4) is 22.8 Å². The molecule has 2 bridgehead atoms. The van der Waals surface area contributed by atoms with Crippen molar-refractivity contribution in [1.82, 2.24) is 25.2 Å². The van der Waals surface area contributed by atoms with Crippen molar-refractivity contribution in [3.05, 3.63) is 67.3 Å². The lowest BCUT2D eigenvalue weighted by molar-refractivity contribution is -0.157. The number of likely N-dealkylation sites (tertiary alicyclic amines) is 1. The molecule has 6 fully saturated rings. The van der Waals surface area contributed by atoms with Gasteiger partial charge in [0.15, 0.2) is 0 Å². The van der Waals surface area contributed by atoms with E-state index in [1.165, 1.54) is 11.0 Å². The molecule has 5 atom stereocenters. The maximum absolute atomic E-state index is 14.8. The van der Waals surface area contributed by atoms with Crippen LogP contribution in [0.2, 0.25) is 0 Å². The van der Waals surface area contributed by atoms with E-state index >= 15 is 0 Å². The number of carbonyl (C=O) groups is 4. The monoisotopic (exact) mass is 783 g/mol. The van der Waals surface area contributed by atoms with Gasteiger partial charge >= 0.3 is 0 Å². The lowest BCUT2D eigenvalue weighted by atomic mass is 9.48. The number of aromatic nitrogens is 1. The second-order valence-corrected chi connectivity index (χ2v) is 19.2. The van der Waals surface area contributed by atoms with Crippen LogP contribution in [0.5, 0.6) is 11.5 Å². The van der Waals surface area contributed by atoms with Gasteiger partial charge in [-0.25, -0.2) is 13.4 Å². The summed E-state index contributed by atoms with van der Waals surface area (Å²) in [5.41, 5.74) is -0.103. The molecule has 1 aromatic heterocycles. The normalized spacial score (nSPS) is 28.2. The van der Waals surface area contributed by atoms with E-state index in [1.54, 1.807) is 7.11 Å². The standard InChI is InChI=1S/C42H49N5O8S/c1-6-26-21-42(26,40(51)46-56(52,53)29-13-14-29)45-37(48)33-19-28(22-47(33)39(50)36(41(2,3)4)44-38(49)35-24-16-25(35)17-24)55-34-20-31(23-10-8-7-9-11-23)43-32-18-27(54-5)12-15-30(32)34/h6-12,15,18,20,24-26,28-29,33,35-36H,1,13-14,16-17,19,21-22H2,2-5H3,(H,44,49)(H,45,48)(H,46,51)/t24?,25?,26-,28-,33+,35?,36-,42-/m1/s1. The zero-order valence-corrected chi connectivity index (χ0v) is 32.9. The van der Waals surface area contributed by atoms with Crippen LogP contribution in [0.1, 0.15) is 59.3 Å². The van der Waals surface area contributed by atoms with Gasteiger partial charge in [-0.1, -0.05) is 57.2 Å². The topological polar surface area (TPSA) is 173 Å². The summed E-state index contributed by atoms with van der Waals surface area (Å²) in [5, 5.41) is 5.97. The molecule has 9 rings (SSSR count). The summed E-state index contributed by atoms with van der Waals surface area (Å²) in [6, 6.07) is 14.9. The SMILES string of the molecule is C=C[C@@H]1C[C@]1(NC(=O)[C@@H]1C[C@@H](Oc2cc(-c3ccccc3)nc3cc(OC)ccc23)CN1C(=O)[C@@H](NC(=O)C1C2CC1C2)C(C)(C)C)C(=O)NS(=O)(=O)C1CC1. The van der Waals surface area contributed by atoms with Gasteiger partial charge in [-0.2, -0.15) is 0 Å². The Kier molecular flexibility index (Phi) is 9.41. The number of fused-ring (bicyclic) bond motifs is 1. The minimum Gasteiger partial charge on any atom is -0.497 e. The van der Waals surface area contributed by atoms with Crippen molar-refractivity contribution in [3.63, 3.8) is 0 Å². The first-order chi connectivity index (χ1) is 26.6. The van der Waals surface area contributed by atoms with Gasteiger partial charge in [0.25, 0.3) is 5.91 Å². The highest BCUT2D eigenvalue weighted by atomic mass is 32.2. The number of ether oxygens (including phenoxy) is 2. The first kappa shape index (κ1) is 37.9. The Labute approximate surface area is 327 Å². The Bertz CT molecular complexity index is 2210. The second-order valence-electron chi connectivity index (χ2n) is 17.2. The average molecular weight is 784 g/mol. The molecule has 2 aromatic carbocycles. The predicted molar refractivity (Wildman–Crippen MR) is 209 cm³/mol. The number of nitrogens with one attached hydrogen (secondary N) is 3. The van der Waals surface area contributed by atoms with Gasteiger partial charge < -0.3 is 25.0 Å². The van der Waals surface area contributed by atoms with Crippen molar-refractivity contribution < 1.29 is 37.1 Å². The van der Waals surface area contributed by atoms with Crippen molar-refractivity contribution in [2.45, 2.75) is 88.3 Å². The van der Waals surface area contributed by atoms with Crippen LogP contribution < -0.4 is 24.8 Å². The molecule has 3 N–H and O–H groups in total. The zero-order chi connectivity index (χ0) is 39.7. The summed E-state index contributed by atoms with van der Waals surface area (Å²) in [6.45, 7) is 9.44. The molecule has 56 heavy (non-hydrogen) atoms. The molecular formula is C42H49N5O8S. The van der Waals surface area contributed by atoms with Crippen LogP contribution in [0.15, 0.2) is 67.3 Å². The van der Waals surface area contributed by atoms with Gasteiger partial charge in [-0.05, 0) is 61.5 Å². The lowest BCUT2D eigenvalue weighted by Crippen LogP contribution is -2.63. The van der Waals surface area contributed by atoms with Gasteiger partial charge in [0.2, 0.25) is 27.7 Å². The van der Waals surface area contributed by atoms with E-state index in [2.05, 4.69) is 21.9 Å². The number of benzene rings is 2. The number of nitrogens with zero attached hydrogens (tertiary/aromatic N) is 2. The van der Waals surface area contributed by atoms with Gasteiger partial charge in [-0.3, -0.25) is 23.9 Å². The summed E-state index contributed by atoms with van der Waals surface area (Å²) < 4.78 is 40.0. The molecule has 3 aromatic rings. The maximum atomic E-state index is 14.8. The molecular weight excluding hydrogens is 735 g/mol. The Morgan fingerprint density at radius 3 is 2.30 bits per heavy atom. The van der Waals surface area contributed by atoms with Crippen molar-refractivity contribution in [2.24, 2.45) is 29.1 Å². The van der Waals surface area contributed by atoms with Gasteiger partial charge in [0.1, 0.15) is 35.2 Å². The molecule has 0 spiro atoms. The van der Waals surface area contributed by atoms with Gasteiger partial charge in [-0.15, -0.1) is 6.58 Å². The average Bonchev–Trinajstić information content (AvgIpc) is 4.05. The molecule has 296 valence electrons. The Morgan fingerprint density at radius 2 is 1.71 bits per heavy atom. The maximum Gasteiger partial charge on any atom is 0.259 e. The van der Waals surface area contributed by atoms with Crippen molar-refractivity contribution >= 4 is 44.6 Å². The molecule has 5 aliphatic carbocycles. The highest BCUT2D eigenvalue weighted by Gasteiger charge is 2.62. The van der Waals surface area contributed by atoms with Crippen molar-refractivity contribution in [2.75, 3.05) is 13.7 Å². The number of rotatable bonds is 13. The number of pyridine rings is 1. The number of hydrogen-bond acceptors (Lipinski definition) is 9. The minimum atomic E-state index is -3.90. The second kappa shape index (κ2) is 13.9. The Hall–Kier alpha value is -4.98.